The molecular weight excluding hydrogens is 312 g/mol. The van der Waals surface area contributed by atoms with Gasteiger partial charge in [0.05, 0.1) is 20.8 Å². The molecule has 1 fully saturated rings. The first-order chi connectivity index (χ1) is 10.9. The van der Waals surface area contributed by atoms with E-state index in [1.54, 1.807) is 0 Å². The first kappa shape index (κ1) is 17.6. The van der Waals surface area contributed by atoms with Crippen LogP contribution in [-0.4, -0.2) is 77.1 Å². The lowest BCUT2D eigenvalue weighted by atomic mass is 9.99. The van der Waals surface area contributed by atoms with Gasteiger partial charge in [0.25, 0.3) is 0 Å². The zero-order valence-electron chi connectivity index (χ0n) is 12.6. The Labute approximate surface area is 132 Å². The van der Waals surface area contributed by atoms with Crippen LogP contribution in [0.4, 0.5) is 0 Å². The van der Waals surface area contributed by atoms with Gasteiger partial charge in [-0.25, -0.2) is 0 Å². The van der Waals surface area contributed by atoms with Crippen molar-refractivity contribution in [1.29, 1.82) is 0 Å². The molecule has 5 atom stereocenters. The Hall–Kier alpha value is -1.78. The Balaban J connectivity index is 2.24. The van der Waals surface area contributed by atoms with Gasteiger partial charge < -0.3 is 44.5 Å². The second kappa shape index (κ2) is 7.20. The molecule has 1 heterocycles. The number of rotatable bonds is 5. The third-order valence-electron chi connectivity index (χ3n) is 3.55. The van der Waals surface area contributed by atoms with Gasteiger partial charge in [-0.1, -0.05) is 0 Å². The van der Waals surface area contributed by atoms with Gasteiger partial charge in [0.1, 0.15) is 30.2 Å². The number of hydrogen-bond donors (Lipinski definition) is 5. The van der Waals surface area contributed by atoms with Crippen LogP contribution in [0, 0.1) is 0 Å². The summed E-state index contributed by atoms with van der Waals surface area (Å²) in [5.41, 5.74) is 0. The van der Waals surface area contributed by atoms with Crippen molar-refractivity contribution in [3.63, 3.8) is 0 Å². The predicted molar refractivity (Wildman–Crippen MR) is 75.6 cm³/mol. The Morgan fingerprint density at radius 2 is 1.57 bits per heavy atom. The molecule has 2 rings (SSSR count). The van der Waals surface area contributed by atoms with Gasteiger partial charge >= 0.3 is 0 Å². The van der Waals surface area contributed by atoms with Crippen LogP contribution < -0.4 is 14.2 Å². The van der Waals surface area contributed by atoms with E-state index in [9.17, 15) is 20.4 Å². The van der Waals surface area contributed by atoms with Crippen LogP contribution in [-0.2, 0) is 4.74 Å². The Morgan fingerprint density at radius 1 is 1.00 bits per heavy atom. The minimum absolute atomic E-state index is 0.0731. The number of phenols is 1. The van der Waals surface area contributed by atoms with Crippen LogP contribution in [0.1, 0.15) is 0 Å². The second-order valence-electron chi connectivity index (χ2n) is 4.99. The van der Waals surface area contributed by atoms with Gasteiger partial charge in [-0.3, -0.25) is 0 Å². The van der Waals surface area contributed by atoms with Crippen LogP contribution in [0.2, 0.25) is 0 Å². The predicted octanol–water partition coefficient (Wildman–Crippen LogP) is -1.41. The first-order valence-corrected chi connectivity index (χ1v) is 6.85. The van der Waals surface area contributed by atoms with E-state index in [0.717, 1.165) is 0 Å². The zero-order valence-corrected chi connectivity index (χ0v) is 12.6. The monoisotopic (exact) mass is 332 g/mol. The first-order valence-electron chi connectivity index (χ1n) is 6.85. The van der Waals surface area contributed by atoms with Gasteiger partial charge in [-0.05, 0) is 0 Å². The van der Waals surface area contributed by atoms with E-state index >= 15 is 0 Å². The molecule has 23 heavy (non-hydrogen) atoms. The Bertz CT molecular complexity index is 508. The van der Waals surface area contributed by atoms with Gasteiger partial charge in [-0.15, -0.1) is 0 Å². The Morgan fingerprint density at radius 3 is 2.04 bits per heavy atom. The summed E-state index contributed by atoms with van der Waals surface area (Å²) < 4.78 is 20.6. The largest absolute Gasteiger partial charge is 0.502 e. The maximum Gasteiger partial charge on any atom is 0.229 e. The molecule has 0 saturated carbocycles. The maximum atomic E-state index is 9.94. The van der Waals surface area contributed by atoms with Crippen molar-refractivity contribution >= 4 is 0 Å². The van der Waals surface area contributed by atoms with Crippen molar-refractivity contribution in [1.82, 2.24) is 0 Å². The van der Waals surface area contributed by atoms with Crippen LogP contribution in [0.3, 0.4) is 0 Å². The molecule has 0 aromatic heterocycles. The second-order valence-corrected chi connectivity index (χ2v) is 4.99. The van der Waals surface area contributed by atoms with Crippen molar-refractivity contribution in [3.8, 4) is 23.0 Å². The fourth-order valence-corrected chi connectivity index (χ4v) is 2.24. The molecule has 1 saturated heterocycles. The number of aliphatic hydroxyl groups is 4. The van der Waals surface area contributed by atoms with Crippen LogP contribution in [0.25, 0.3) is 0 Å². The summed E-state index contributed by atoms with van der Waals surface area (Å²) >= 11 is 0. The van der Waals surface area contributed by atoms with Crippen molar-refractivity contribution in [2.75, 3.05) is 20.8 Å². The van der Waals surface area contributed by atoms with Crippen molar-refractivity contribution in [3.05, 3.63) is 12.1 Å². The third kappa shape index (κ3) is 3.43. The molecule has 0 unspecified atom stereocenters. The molecule has 1 aliphatic heterocycles. The maximum absolute atomic E-state index is 9.94. The molecule has 0 aliphatic carbocycles. The summed E-state index contributed by atoms with van der Waals surface area (Å²) in [5, 5.41) is 48.4. The molecule has 1 aromatic rings. The molecule has 130 valence electrons. The highest BCUT2D eigenvalue weighted by Crippen LogP contribution is 2.40. The standard InChI is InChI=1S/C14H20O9/c1-20-7-3-6(4-8(21-2)10(7)16)22-14-13(19)12(18)11(17)9(5-15)23-14/h3-4,9,11-19H,5H2,1-2H3/t9-,11-,12+,13-,14-/m1/s1. The van der Waals surface area contributed by atoms with Crippen LogP contribution in [0.15, 0.2) is 12.1 Å². The molecular formula is C14H20O9. The number of benzene rings is 1. The van der Waals surface area contributed by atoms with E-state index in [1.165, 1.54) is 26.4 Å². The third-order valence-corrected chi connectivity index (χ3v) is 3.55. The number of methoxy groups -OCH3 is 2. The number of aliphatic hydroxyl groups excluding tert-OH is 4. The lowest BCUT2D eigenvalue weighted by molar-refractivity contribution is -0.277. The number of aromatic hydroxyl groups is 1. The topological polar surface area (TPSA) is 138 Å². The highest BCUT2D eigenvalue weighted by molar-refractivity contribution is 5.54. The lowest BCUT2D eigenvalue weighted by Gasteiger charge is -2.39. The minimum atomic E-state index is -1.55. The summed E-state index contributed by atoms with van der Waals surface area (Å²) in [6, 6.07) is 2.67. The molecule has 9 nitrogen and oxygen atoms in total. The summed E-state index contributed by atoms with van der Waals surface area (Å²) in [5.74, 6) is 0.0462. The van der Waals surface area contributed by atoms with Gasteiger partial charge in [0.2, 0.25) is 12.0 Å². The molecule has 1 aromatic carbocycles. The molecule has 1 aliphatic rings. The quantitative estimate of drug-likeness (QED) is 0.440. The fraction of sp³-hybridized carbons (Fsp3) is 0.571. The van der Waals surface area contributed by atoms with Gasteiger partial charge in [-0.2, -0.15) is 0 Å². The molecule has 5 N–H and O–H groups in total. The van der Waals surface area contributed by atoms with E-state index in [1.807, 2.05) is 0 Å². The van der Waals surface area contributed by atoms with Crippen molar-refractivity contribution in [2.24, 2.45) is 0 Å². The van der Waals surface area contributed by atoms with E-state index in [-0.39, 0.29) is 23.0 Å². The van der Waals surface area contributed by atoms with Crippen LogP contribution >= 0.6 is 0 Å². The number of ether oxygens (including phenoxy) is 4. The lowest BCUT2D eigenvalue weighted by Crippen LogP contribution is -2.60. The average Bonchev–Trinajstić information content (AvgIpc) is 2.56. The van der Waals surface area contributed by atoms with E-state index in [0.29, 0.717) is 0 Å². The highest BCUT2D eigenvalue weighted by Gasteiger charge is 2.44. The van der Waals surface area contributed by atoms with E-state index < -0.39 is 37.3 Å². The summed E-state index contributed by atoms with van der Waals surface area (Å²) in [4.78, 5) is 0. The molecule has 9 heteroatoms. The fourth-order valence-electron chi connectivity index (χ4n) is 2.24. The van der Waals surface area contributed by atoms with E-state index in [4.69, 9.17) is 24.1 Å². The molecule has 0 amide bonds. The van der Waals surface area contributed by atoms with E-state index in [2.05, 4.69) is 0 Å². The summed E-state index contributed by atoms with van der Waals surface area (Å²) in [7, 11) is 2.68. The Kier molecular flexibility index (Phi) is 5.50. The number of hydrogen-bond acceptors (Lipinski definition) is 9. The number of phenolic OH excluding ortho intramolecular Hbond substituents is 1. The SMILES string of the molecule is COc1cc(O[C@@H]2O[C@H](CO)[C@@H](O)[C@H](O)[C@H]2O)cc(OC)c1O. The van der Waals surface area contributed by atoms with Crippen molar-refractivity contribution < 1.29 is 44.5 Å². The van der Waals surface area contributed by atoms with Gasteiger partial charge in [0.15, 0.2) is 11.5 Å². The minimum Gasteiger partial charge on any atom is -0.502 e. The molecule has 0 spiro atoms. The smallest absolute Gasteiger partial charge is 0.229 e. The molecule has 0 radical (unpaired) electrons. The summed E-state index contributed by atoms with van der Waals surface area (Å²) in [6.45, 7) is -0.562. The zero-order chi connectivity index (χ0) is 17.1. The molecule has 0 bridgehead atoms. The van der Waals surface area contributed by atoms with Crippen LogP contribution in [0.5, 0.6) is 23.0 Å². The van der Waals surface area contributed by atoms with Gasteiger partial charge in [0, 0.05) is 12.1 Å². The van der Waals surface area contributed by atoms with Crippen molar-refractivity contribution in [2.45, 2.75) is 30.7 Å². The normalized spacial score (nSPS) is 30.8. The summed E-state index contributed by atoms with van der Waals surface area (Å²) in [6.07, 6.45) is -6.99. The highest BCUT2D eigenvalue weighted by atomic mass is 16.7. The average molecular weight is 332 g/mol.